The lowest BCUT2D eigenvalue weighted by Gasteiger charge is -2.32. The van der Waals surface area contributed by atoms with Gasteiger partial charge in [0.1, 0.15) is 11.5 Å². The maximum absolute atomic E-state index is 11.7. The molecule has 0 bridgehead atoms. The van der Waals surface area contributed by atoms with Gasteiger partial charge in [-0.2, -0.15) is 0 Å². The first-order valence-corrected chi connectivity index (χ1v) is 6.10. The molecule has 7 nitrogen and oxygen atoms in total. The number of aliphatic hydroxyl groups excluding tert-OH is 1. The van der Waals surface area contributed by atoms with Gasteiger partial charge in [0.05, 0.1) is 6.10 Å². The number of rotatable bonds is 4. The van der Waals surface area contributed by atoms with E-state index in [2.05, 4.69) is 10.3 Å². The molecule has 0 aliphatic heterocycles. The van der Waals surface area contributed by atoms with Gasteiger partial charge in [-0.05, 0) is 19.3 Å². The molecule has 2 rings (SSSR count). The topological polar surface area (TPSA) is 113 Å². The van der Waals surface area contributed by atoms with Gasteiger partial charge in [-0.3, -0.25) is 14.3 Å². The number of nitrogens with zero attached hydrogens (tertiary/aromatic N) is 1. The smallest absolute Gasteiger partial charge is 0.330 e. The van der Waals surface area contributed by atoms with Crippen molar-refractivity contribution in [2.45, 2.75) is 44.9 Å². The van der Waals surface area contributed by atoms with Gasteiger partial charge in [-0.1, -0.05) is 6.92 Å². The van der Waals surface area contributed by atoms with E-state index in [1.54, 1.807) is 0 Å². The normalized spacial score (nSPS) is 22.6. The second-order valence-corrected chi connectivity index (χ2v) is 4.64. The second kappa shape index (κ2) is 4.85. The van der Waals surface area contributed by atoms with Crippen LogP contribution < -0.4 is 22.3 Å². The number of aliphatic hydroxyl groups is 1. The number of aromatic nitrogens is 2. The van der Waals surface area contributed by atoms with Crippen LogP contribution in [0.4, 0.5) is 11.5 Å². The van der Waals surface area contributed by atoms with Gasteiger partial charge in [0.15, 0.2) is 0 Å². The van der Waals surface area contributed by atoms with Gasteiger partial charge in [0.2, 0.25) is 0 Å². The van der Waals surface area contributed by atoms with E-state index in [-0.39, 0.29) is 23.7 Å². The number of nitrogens with one attached hydrogen (secondary N) is 2. The fourth-order valence-electron chi connectivity index (χ4n) is 2.08. The van der Waals surface area contributed by atoms with Gasteiger partial charge in [0, 0.05) is 12.6 Å². The van der Waals surface area contributed by atoms with Gasteiger partial charge in [-0.15, -0.1) is 0 Å². The summed E-state index contributed by atoms with van der Waals surface area (Å²) < 4.78 is 1.35. The lowest BCUT2D eigenvalue weighted by Crippen LogP contribution is -2.42. The Kier molecular flexibility index (Phi) is 3.42. The monoisotopic (exact) mass is 254 g/mol. The molecule has 0 spiro atoms. The van der Waals surface area contributed by atoms with Crippen LogP contribution in [0.15, 0.2) is 9.59 Å². The van der Waals surface area contributed by atoms with Crippen LogP contribution in [0.1, 0.15) is 26.2 Å². The molecular formula is C11H18N4O3. The van der Waals surface area contributed by atoms with E-state index in [9.17, 15) is 14.7 Å². The molecule has 0 aromatic carbocycles. The number of nitrogen functional groups attached to an aromatic ring is 1. The Morgan fingerprint density at radius 3 is 2.72 bits per heavy atom. The first-order chi connectivity index (χ1) is 8.52. The summed E-state index contributed by atoms with van der Waals surface area (Å²) in [7, 11) is 0. The van der Waals surface area contributed by atoms with E-state index in [1.165, 1.54) is 4.57 Å². The van der Waals surface area contributed by atoms with Crippen molar-refractivity contribution in [3.8, 4) is 0 Å². The van der Waals surface area contributed by atoms with Crippen LogP contribution >= 0.6 is 0 Å². The van der Waals surface area contributed by atoms with E-state index in [0.29, 0.717) is 19.4 Å². The highest BCUT2D eigenvalue weighted by Crippen LogP contribution is 2.24. The van der Waals surface area contributed by atoms with Crippen molar-refractivity contribution >= 4 is 11.5 Å². The van der Waals surface area contributed by atoms with Crippen LogP contribution in [0, 0.1) is 0 Å². The fourth-order valence-corrected chi connectivity index (χ4v) is 2.08. The van der Waals surface area contributed by atoms with Crippen LogP contribution in [0.2, 0.25) is 0 Å². The molecule has 0 radical (unpaired) electrons. The van der Waals surface area contributed by atoms with Crippen LogP contribution in [0.3, 0.4) is 0 Å². The predicted octanol–water partition coefficient (Wildman–Crippen LogP) is -0.536. The van der Waals surface area contributed by atoms with Crippen molar-refractivity contribution < 1.29 is 5.11 Å². The highest BCUT2D eigenvalue weighted by molar-refractivity contribution is 5.61. The number of anilines is 2. The number of hydrogen-bond acceptors (Lipinski definition) is 5. The summed E-state index contributed by atoms with van der Waals surface area (Å²) in [6.45, 7) is 2.38. The van der Waals surface area contributed by atoms with Crippen molar-refractivity contribution in [3.05, 3.63) is 20.8 Å². The van der Waals surface area contributed by atoms with Crippen molar-refractivity contribution in [1.82, 2.24) is 9.55 Å². The predicted molar refractivity (Wildman–Crippen MR) is 68.7 cm³/mol. The number of aromatic amines is 1. The number of H-pyrrole nitrogens is 1. The fraction of sp³-hybridized carbons (Fsp3) is 0.636. The van der Waals surface area contributed by atoms with Crippen molar-refractivity contribution in [3.63, 3.8) is 0 Å². The summed E-state index contributed by atoms with van der Waals surface area (Å²) in [4.78, 5) is 25.5. The second-order valence-electron chi connectivity index (χ2n) is 4.64. The average Bonchev–Trinajstić information content (AvgIpc) is 2.27. The van der Waals surface area contributed by atoms with Gasteiger partial charge < -0.3 is 16.2 Å². The Morgan fingerprint density at radius 2 is 2.17 bits per heavy atom. The Morgan fingerprint density at radius 1 is 1.50 bits per heavy atom. The first-order valence-electron chi connectivity index (χ1n) is 6.10. The number of hydrogen-bond donors (Lipinski definition) is 4. The van der Waals surface area contributed by atoms with Crippen LogP contribution in [0.25, 0.3) is 0 Å². The molecule has 0 saturated heterocycles. The Bertz CT molecular complexity index is 542. The standard InChI is InChI=1S/C11H18N4O3/c1-2-3-15-9(12)8(10(17)14-11(15)18)13-6-4-7(16)5-6/h6-7,13,16H,2-5,12H2,1H3,(H,14,17,18). The summed E-state index contributed by atoms with van der Waals surface area (Å²) in [5, 5.41) is 12.2. The third-order valence-electron chi connectivity index (χ3n) is 3.15. The summed E-state index contributed by atoms with van der Waals surface area (Å²) >= 11 is 0. The van der Waals surface area contributed by atoms with Crippen LogP contribution in [0.5, 0.6) is 0 Å². The van der Waals surface area contributed by atoms with Crippen molar-refractivity contribution in [1.29, 1.82) is 0 Å². The Hall–Kier alpha value is -1.76. The molecule has 18 heavy (non-hydrogen) atoms. The van der Waals surface area contributed by atoms with Crippen molar-refractivity contribution in [2.24, 2.45) is 0 Å². The lowest BCUT2D eigenvalue weighted by atomic mass is 9.89. The summed E-state index contributed by atoms with van der Waals surface area (Å²) in [5.74, 6) is 0.159. The Labute approximate surface area is 104 Å². The van der Waals surface area contributed by atoms with E-state index >= 15 is 0 Å². The van der Waals surface area contributed by atoms with Crippen LogP contribution in [-0.2, 0) is 6.54 Å². The lowest BCUT2D eigenvalue weighted by molar-refractivity contribution is 0.0836. The molecule has 1 aliphatic carbocycles. The van der Waals surface area contributed by atoms with Crippen molar-refractivity contribution in [2.75, 3.05) is 11.1 Å². The molecule has 7 heteroatoms. The molecule has 1 heterocycles. The Balaban J connectivity index is 2.31. The first kappa shape index (κ1) is 12.7. The molecule has 1 aromatic heterocycles. The van der Waals surface area contributed by atoms with E-state index in [4.69, 9.17) is 5.73 Å². The molecule has 1 saturated carbocycles. The molecule has 100 valence electrons. The SMILES string of the molecule is CCCn1c(N)c(NC2CC(O)C2)c(=O)[nH]c1=O. The molecular weight excluding hydrogens is 236 g/mol. The van der Waals surface area contributed by atoms with Gasteiger partial charge in [0.25, 0.3) is 5.56 Å². The molecule has 1 aromatic rings. The molecule has 5 N–H and O–H groups in total. The number of nitrogens with two attached hydrogens (primary N) is 1. The summed E-state index contributed by atoms with van der Waals surface area (Å²) in [5.41, 5.74) is 5.08. The minimum absolute atomic E-state index is 0.0379. The maximum atomic E-state index is 11.7. The van der Waals surface area contributed by atoms with Gasteiger partial charge in [-0.25, -0.2) is 4.79 Å². The summed E-state index contributed by atoms with van der Waals surface area (Å²) in [6, 6.07) is 0.0379. The molecule has 0 amide bonds. The zero-order valence-electron chi connectivity index (χ0n) is 10.3. The van der Waals surface area contributed by atoms with Crippen LogP contribution in [-0.4, -0.2) is 26.8 Å². The highest BCUT2D eigenvalue weighted by atomic mass is 16.3. The molecule has 1 aliphatic rings. The molecule has 0 atom stereocenters. The maximum Gasteiger partial charge on any atom is 0.330 e. The quantitative estimate of drug-likeness (QED) is 0.576. The largest absolute Gasteiger partial charge is 0.393 e. The van der Waals surface area contributed by atoms with E-state index < -0.39 is 11.2 Å². The molecule has 0 unspecified atom stereocenters. The summed E-state index contributed by atoms with van der Waals surface area (Å²) in [6.07, 6.45) is 1.61. The van der Waals surface area contributed by atoms with E-state index in [1.807, 2.05) is 6.92 Å². The van der Waals surface area contributed by atoms with Gasteiger partial charge >= 0.3 is 5.69 Å². The minimum atomic E-state index is -0.508. The third kappa shape index (κ3) is 2.26. The minimum Gasteiger partial charge on any atom is -0.393 e. The molecule has 1 fully saturated rings. The zero-order valence-corrected chi connectivity index (χ0v) is 10.3. The average molecular weight is 254 g/mol. The third-order valence-corrected chi connectivity index (χ3v) is 3.15. The zero-order chi connectivity index (χ0) is 13.3. The van der Waals surface area contributed by atoms with E-state index in [0.717, 1.165) is 6.42 Å². The highest BCUT2D eigenvalue weighted by Gasteiger charge is 2.28.